The van der Waals surface area contributed by atoms with Crippen LogP contribution in [0, 0.1) is 0 Å². The zero-order chi connectivity index (χ0) is 9.71. The number of morpholine rings is 1. The van der Waals surface area contributed by atoms with Crippen LogP contribution in [0.3, 0.4) is 0 Å². The van der Waals surface area contributed by atoms with Crippen LogP contribution in [-0.4, -0.2) is 36.2 Å². The van der Waals surface area contributed by atoms with Crippen molar-refractivity contribution in [1.29, 1.82) is 0 Å². The van der Waals surface area contributed by atoms with Crippen LogP contribution < -0.4 is 0 Å². The molecule has 1 aromatic heterocycles. The van der Waals surface area contributed by atoms with E-state index in [1.54, 1.807) is 11.3 Å². The summed E-state index contributed by atoms with van der Waals surface area (Å²) < 4.78 is 6.60. The molecule has 1 saturated heterocycles. The Labute approximate surface area is 95.2 Å². The van der Waals surface area contributed by atoms with Gasteiger partial charge in [0.25, 0.3) is 0 Å². The van der Waals surface area contributed by atoms with Crippen molar-refractivity contribution < 1.29 is 4.74 Å². The van der Waals surface area contributed by atoms with Crippen molar-refractivity contribution in [2.45, 2.75) is 18.5 Å². The molecular weight excluding hydrogens is 264 g/mol. The molecule has 3 nitrogen and oxygen atoms in total. The summed E-state index contributed by atoms with van der Waals surface area (Å²) in [6.07, 6.45) is 1.03. The van der Waals surface area contributed by atoms with E-state index >= 15 is 0 Å². The van der Waals surface area contributed by atoms with Gasteiger partial charge in [0, 0.05) is 17.3 Å². The van der Waals surface area contributed by atoms with Crippen LogP contribution in [0.25, 0.3) is 0 Å². The second-order valence-electron chi connectivity index (χ2n) is 3.85. The number of aromatic nitrogens is 1. The van der Waals surface area contributed by atoms with E-state index in [0.29, 0.717) is 12.1 Å². The van der Waals surface area contributed by atoms with Crippen molar-refractivity contribution in [3.8, 4) is 0 Å². The highest BCUT2D eigenvalue weighted by atomic mass is 79.9. The molecule has 2 aliphatic heterocycles. The lowest BCUT2D eigenvalue weighted by atomic mass is 9.98. The van der Waals surface area contributed by atoms with Crippen molar-refractivity contribution in [1.82, 2.24) is 9.88 Å². The minimum Gasteiger partial charge on any atom is -0.378 e. The predicted octanol–water partition coefficient (Wildman–Crippen LogP) is 1.83. The summed E-state index contributed by atoms with van der Waals surface area (Å²) in [6, 6.07) is 0.955. The van der Waals surface area contributed by atoms with Gasteiger partial charge in [-0.1, -0.05) is 0 Å². The molecule has 3 rings (SSSR count). The van der Waals surface area contributed by atoms with Gasteiger partial charge in [-0.25, -0.2) is 4.98 Å². The molecule has 76 valence electrons. The molecule has 0 saturated carbocycles. The van der Waals surface area contributed by atoms with Crippen LogP contribution in [0.5, 0.6) is 0 Å². The SMILES string of the molecule is CN1C2COCC1c1sc(Br)nc1C2. The molecule has 2 unspecified atom stereocenters. The first-order valence-corrected chi connectivity index (χ1v) is 6.31. The number of ether oxygens (including phenoxy) is 1. The summed E-state index contributed by atoms with van der Waals surface area (Å²) in [5.41, 5.74) is 1.28. The molecule has 2 aliphatic rings. The molecule has 0 spiro atoms. The van der Waals surface area contributed by atoms with E-state index in [2.05, 4.69) is 32.9 Å². The third kappa shape index (κ3) is 1.26. The zero-order valence-corrected chi connectivity index (χ0v) is 10.3. The molecule has 3 heterocycles. The first-order valence-electron chi connectivity index (χ1n) is 4.70. The Morgan fingerprint density at radius 3 is 3.29 bits per heavy atom. The van der Waals surface area contributed by atoms with Crippen molar-refractivity contribution in [3.05, 3.63) is 14.5 Å². The molecule has 0 N–H and O–H groups in total. The van der Waals surface area contributed by atoms with Gasteiger partial charge in [0.1, 0.15) is 0 Å². The Morgan fingerprint density at radius 2 is 2.43 bits per heavy atom. The van der Waals surface area contributed by atoms with E-state index in [1.165, 1.54) is 10.6 Å². The van der Waals surface area contributed by atoms with E-state index < -0.39 is 0 Å². The summed E-state index contributed by atoms with van der Waals surface area (Å²) >= 11 is 5.20. The highest BCUT2D eigenvalue weighted by Crippen LogP contribution is 2.39. The quantitative estimate of drug-likeness (QED) is 0.722. The van der Waals surface area contributed by atoms with Crippen LogP contribution in [0.1, 0.15) is 16.6 Å². The molecule has 2 bridgehead atoms. The highest BCUT2D eigenvalue weighted by Gasteiger charge is 2.37. The second-order valence-corrected chi connectivity index (χ2v) is 6.16. The molecule has 5 heteroatoms. The number of fused-ring (bicyclic) bond motifs is 4. The smallest absolute Gasteiger partial charge is 0.159 e. The van der Waals surface area contributed by atoms with E-state index in [4.69, 9.17) is 4.74 Å². The Morgan fingerprint density at radius 1 is 1.57 bits per heavy atom. The molecule has 1 fully saturated rings. The fraction of sp³-hybridized carbons (Fsp3) is 0.667. The number of halogens is 1. The summed E-state index contributed by atoms with van der Waals surface area (Å²) in [5.74, 6) is 0. The Kier molecular flexibility index (Phi) is 2.16. The van der Waals surface area contributed by atoms with Gasteiger partial charge in [0.15, 0.2) is 3.92 Å². The van der Waals surface area contributed by atoms with Crippen LogP contribution in [-0.2, 0) is 11.2 Å². The first kappa shape index (κ1) is 9.27. The van der Waals surface area contributed by atoms with Crippen molar-refractivity contribution in [2.75, 3.05) is 20.3 Å². The van der Waals surface area contributed by atoms with E-state index in [1.807, 2.05) is 0 Å². The summed E-state index contributed by atoms with van der Waals surface area (Å²) in [4.78, 5) is 8.33. The number of rotatable bonds is 0. The minimum atomic E-state index is 0.432. The van der Waals surface area contributed by atoms with Gasteiger partial charge in [-0.05, 0) is 23.0 Å². The third-order valence-electron chi connectivity index (χ3n) is 3.09. The predicted molar refractivity (Wildman–Crippen MR) is 58.6 cm³/mol. The zero-order valence-electron chi connectivity index (χ0n) is 7.86. The molecular formula is C9H11BrN2OS. The normalized spacial score (nSPS) is 31.6. The van der Waals surface area contributed by atoms with Gasteiger partial charge in [0.2, 0.25) is 0 Å². The van der Waals surface area contributed by atoms with Crippen LogP contribution >= 0.6 is 27.3 Å². The Hall–Kier alpha value is 0.0300. The number of thiazole rings is 1. The summed E-state index contributed by atoms with van der Waals surface area (Å²) in [7, 11) is 2.19. The topological polar surface area (TPSA) is 25.4 Å². The largest absolute Gasteiger partial charge is 0.378 e. The summed E-state index contributed by atoms with van der Waals surface area (Å²) in [6.45, 7) is 1.66. The molecule has 0 radical (unpaired) electrons. The highest BCUT2D eigenvalue weighted by molar-refractivity contribution is 9.11. The van der Waals surface area contributed by atoms with Gasteiger partial charge in [-0.3, -0.25) is 4.90 Å². The van der Waals surface area contributed by atoms with E-state index in [-0.39, 0.29) is 0 Å². The van der Waals surface area contributed by atoms with E-state index in [9.17, 15) is 0 Å². The molecule has 0 amide bonds. The van der Waals surface area contributed by atoms with Crippen molar-refractivity contribution >= 4 is 27.3 Å². The van der Waals surface area contributed by atoms with Crippen LogP contribution in [0.2, 0.25) is 0 Å². The third-order valence-corrected chi connectivity index (χ3v) is 4.74. The lowest BCUT2D eigenvalue weighted by Crippen LogP contribution is -2.49. The summed E-state index contributed by atoms with van der Waals surface area (Å²) in [5, 5.41) is 0. The molecule has 2 atom stereocenters. The average Bonchev–Trinajstić information content (AvgIpc) is 2.47. The van der Waals surface area contributed by atoms with Gasteiger partial charge in [-0.15, -0.1) is 11.3 Å². The Balaban J connectivity index is 2.07. The van der Waals surface area contributed by atoms with Gasteiger partial charge in [0.05, 0.1) is 24.9 Å². The van der Waals surface area contributed by atoms with Crippen molar-refractivity contribution in [3.63, 3.8) is 0 Å². The molecule has 0 aliphatic carbocycles. The van der Waals surface area contributed by atoms with Gasteiger partial charge in [-0.2, -0.15) is 0 Å². The second kappa shape index (κ2) is 3.27. The van der Waals surface area contributed by atoms with Crippen LogP contribution in [0.15, 0.2) is 3.92 Å². The van der Waals surface area contributed by atoms with Gasteiger partial charge < -0.3 is 4.74 Å². The van der Waals surface area contributed by atoms with Crippen LogP contribution in [0.4, 0.5) is 0 Å². The molecule has 14 heavy (non-hydrogen) atoms. The molecule has 0 aromatic carbocycles. The minimum absolute atomic E-state index is 0.432. The lowest BCUT2D eigenvalue weighted by Gasteiger charge is -2.42. The fourth-order valence-electron chi connectivity index (χ4n) is 2.23. The molecule has 1 aromatic rings. The standard InChI is InChI=1S/C9H11BrN2OS/c1-12-5-2-6-8(14-9(10)11-6)7(12)4-13-3-5/h5,7H,2-4H2,1H3. The number of hydrogen-bond donors (Lipinski definition) is 0. The maximum atomic E-state index is 5.59. The van der Waals surface area contributed by atoms with E-state index in [0.717, 1.165) is 23.6 Å². The Bertz CT molecular complexity index is 368. The maximum Gasteiger partial charge on any atom is 0.159 e. The monoisotopic (exact) mass is 274 g/mol. The number of nitrogens with zero attached hydrogens (tertiary/aromatic N) is 2. The lowest BCUT2D eigenvalue weighted by molar-refractivity contribution is -0.0435. The van der Waals surface area contributed by atoms with Crippen molar-refractivity contribution in [2.24, 2.45) is 0 Å². The first-order chi connectivity index (χ1) is 6.75. The maximum absolute atomic E-state index is 5.59. The number of hydrogen-bond acceptors (Lipinski definition) is 4. The number of likely N-dealkylation sites (N-methyl/N-ethyl adjacent to an activating group) is 1. The van der Waals surface area contributed by atoms with Gasteiger partial charge >= 0.3 is 0 Å². The average molecular weight is 275 g/mol. The fourth-order valence-corrected chi connectivity index (χ4v) is 3.92.